The second-order valence-corrected chi connectivity index (χ2v) is 18.3. The van der Waals surface area contributed by atoms with Crippen LogP contribution in [0.2, 0.25) is 0 Å². The van der Waals surface area contributed by atoms with E-state index in [1.54, 1.807) is 23.3 Å². The van der Waals surface area contributed by atoms with Crippen LogP contribution in [-0.2, 0) is 25.7 Å². The molecule has 4 aromatic carbocycles. The van der Waals surface area contributed by atoms with Gasteiger partial charge in [0, 0.05) is 39.4 Å². The van der Waals surface area contributed by atoms with E-state index in [2.05, 4.69) is 83.2 Å². The number of benzene rings is 4. The second kappa shape index (κ2) is 24.4. The molecule has 3 atom stereocenters. The Labute approximate surface area is 394 Å². The lowest BCUT2D eigenvalue weighted by Crippen LogP contribution is -2.55. The maximum atomic E-state index is 13.8. The summed E-state index contributed by atoms with van der Waals surface area (Å²) in [6.45, 7) is 9.01. The normalized spacial score (nSPS) is 15.5. The first-order valence-electron chi connectivity index (χ1n) is 23.3. The number of β-amino-alcohol motifs (C(OH)–C–C–N with tert-alkyl or cyclic N) is 1. The number of carbonyl (C=O) groups excluding carboxylic acids is 4. The first-order chi connectivity index (χ1) is 31.9. The van der Waals surface area contributed by atoms with Gasteiger partial charge in [-0.2, -0.15) is 0 Å². The number of nitrogens with zero attached hydrogens (tertiary/aromatic N) is 3. The lowest BCUT2D eigenvalue weighted by atomic mass is 9.88. The summed E-state index contributed by atoms with van der Waals surface area (Å²) < 4.78 is 6.06. The minimum Gasteiger partial charge on any atom is -0.492 e. The van der Waals surface area contributed by atoms with Gasteiger partial charge in [0.25, 0.3) is 0 Å². The Balaban J connectivity index is 0.886. The highest BCUT2D eigenvalue weighted by atomic mass is 32.1. The Bertz CT molecular complexity index is 2380. The minimum absolute atomic E-state index is 0.0254. The van der Waals surface area contributed by atoms with Crippen LogP contribution in [0.3, 0.4) is 0 Å². The van der Waals surface area contributed by atoms with Crippen LogP contribution in [0, 0.1) is 12.8 Å². The predicted octanol–water partition coefficient (Wildman–Crippen LogP) is 9.08. The molecule has 1 aliphatic rings. The predicted molar refractivity (Wildman–Crippen MR) is 263 cm³/mol. The molecule has 4 amide bonds. The lowest BCUT2D eigenvalue weighted by Gasteiger charge is -2.30. The van der Waals surface area contributed by atoms with E-state index in [1.807, 2.05) is 74.8 Å². The average molecular weight is 912 g/mol. The van der Waals surface area contributed by atoms with E-state index in [-0.39, 0.29) is 55.5 Å². The van der Waals surface area contributed by atoms with Crippen LogP contribution in [-0.4, -0.2) is 88.5 Å². The molecule has 1 aliphatic heterocycles. The maximum Gasteiger partial charge on any atom is 0.246 e. The standard InChI is InChI=1S/C54H65N5O6S/c1-6-46(40-17-11-9-12-18-40)50(41-19-13-10-14-20-41)42-27-29-45(30-28-42)65-32-31-58(5)49(62)22-16-8-7-15-21-48(61)57-51(37(2)3)54(64)59-35-44(60)33-47(59)53(63)55-34-39-23-25-43(26-24-39)52-38(4)56-36-66-52/h9-14,17-20,23-30,36-37,44,47,51,60H,6-8,15-16,21-22,31-35H2,1-5H3,(H,55,63)(H,57,61)/b50-46-/t44-,47+,51+/m1/s1. The minimum atomic E-state index is -0.840. The fourth-order valence-corrected chi connectivity index (χ4v) is 9.25. The van der Waals surface area contributed by atoms with Crippen LogP contribution < -0.4 is 15.4 Å². The molecule has 1 saturated heterocycles. The van der Waals surface area contributed by atoms with Crippen LogP contribution >= 0.6 is 11.3 Å². The van der Waals surface area contributed by atoms with Gasteiger partial charge >= 0.3 is 0 Å². The van der Waals surface area contributed by atoms with Gasteiger partial charge in [0.2, 0.25) is 23.6 Å². The van der Waals surface area contributed by atoms with Crippen LogP contribution in [0.25, 0.3) is 21.6 Å². The molecule has 0 bridgehead atoms. The number of aromatic nitrogens is 1. The van der Waals surface area contributed by atoms with Crippen molar-refractivity contribution in [3.8, 4) is 16.2 Å². The molecule has 6 rings (SSSR count). The van der Waals surface area contributed by atoms with Crippen LogP contribution in [0.4, 0.5) is 0 Å². The number of rotatable bonds is 22. The number of amides is 4. The van der Waals surface area contributed by atoms with Crippen molar-refractivity contribution in [2.75, 3.05) is 26.7 Å². The number of aliphatic hydroxyl groups is 1. The van der Waals surface area contributed by atoms with Gasteiger partial charge in [-0.3, -0.25) is 19.2 Å². The molecule has 0 spiro atoms. The van der Waals surface area contributed by atoms with Crippen molar-refractivity contribution in [1.29, 1.82) is 0 Å². The molecule has 12 heteroatoms. The van der Waals surface area contributed by atoms with Crippen molar-refractivity contribution in [3.63, 3.8) is 0 Å². The highest BCUT2D eigenvalue weighted by Gasteiger charge is 2.42. The Morgan fingerprint density at radius 1 is 0.848 bits per heavy atom. The van der Waals surface area contributed by atoms with Crippen molar-refractivity contribution < 1.29 is 29.0 Å². The van der Waals surface area contributed by atoms with Crippen molar-refractivity contribution in [3.05, 3.63) is 143 Å². The molecule has 0 radical (unpaired) electrons. The van der Waals surface area contributed by atoms with Gasteiger partial charge in [-0.25, -0.2) is 4.98 Å². The molecule has 1 aromatic heterocycles. The van der Waals surface area contributed by atoms with Crippen molar-refractivity contribution in [1.82, 2.24) is 25.4 Å². The number of hydrogen-bond acceptors (Lipinski definition) is 8. The van der Waals surface area contributed by atoms with Crippen molar-refractivity contribution in [2.45, 2.75) is 104 Å². The summed E-state index contributed by atoms with van der Waals surface area (Å²) in [6.07, 6.45) is 3.72. The van der Waals surface area contributed by atoms with Gasteiger partial charge in [-0.05, 0) is 83.2 Å². The van der Waals surface area contributed by atoms with Gasteiger partial charge < -0.3 is 30.3 Å². The number of aliphatic hydroxyl groups excluding tert-OH is 1. The number of thiazole rings is 1. The van der Waals surface area contributed by atoms with E-state index in [9.17, 15) is 24.3 Å². The second-order valence-electron chi connectivity index (χ2n) is 17.4. The fourth-order valence-electron chi connectivity index (χ4n) is 8.44. The van der Waals surface area contributed by atoms with Gasteiger partial charge in [-0.15, -0.1) is 11.3 Å². The third-order valence-electron chi connectivity index (χ3n) is 12.2. The van der Waals surface area contributed by atoms with Crippen LogP contribution in [0.5, 0.6) is 5.75 Å². The molecule has 1 fully saturated rings. The van der Waals surface area contributed by atoms with Crippen molar-refractivity contribution >= 4 is 46.1 Å². The Kier molecular flexibility index (Phi) is 18.3. The number of nitrogens with one attached hydrogen (secondary N) is 2. The maximum absolute atomic E-state index is 13.8. The summed E-state index contributed by atoms with van der Waals surface area (Å²) in [4.78, 5) is 61.7. The molecule has 5 aromatic rings. The Morgan fingerprint density at radius 3 is 2.11 bits per heavy atom. The highest BCUT2D eigenvalue weighted by molar-refractivity contribution is 7.13. The van der Waals surface area contributed by atoms with E-state index in [4.69, 9.17) is 4.74 Å². The van der Waals surface area contributed by atoms with Crippen molar-refractivity contribution in [2.24, 2.45) is 5.92 Å². The number of allylic oxidation sites excluding steroid dienone is 1. The summed E-state index contributed by atoms with van der Waals surface area (Å²) >= 11 is 1.58. The molecule has 348 valence electrons. The monoisotopic (exact) mass is 911 g/mol. The summed E-state index contributed by atoms with van der Waals surface area (Å²) in [6, 6.07) is 35.4. The number of unbranched alkanes of at least 4 members (excludes halogenated alkanes) is 3. The number of hydrogen-bond donors (Lipinski definition) is 3. The molecular weight excluding hydrogens is 847 g/mol. The molecule has 2 heterocycles. The molecule has 11 nitrogen and oxygen atoms in total. The zero-order chi connectivity index (χ0) is 47.0. The largest absolute Gasteiger partial charge is 0.492 e. The number of likely N-dealkylation sites (N-methyl/N-ethyl adjacent to an activating group) is 1. The zero-order valence-electron chi connectivity index (χ0n) is 39.0. The summed E-state index contributed by atoms with van der Waals surface area (Å²) in [5.41, 5.74) is 10.7. The summed E-state index contributed by atoms with van der Waals surface area (Å²) in [5, 5.41) is 16.4. The first-order valence-corrected chi connectivity index (χ1v) is 24.2. The third kappa shape index (κ3) is 13.5. The molecule has 66 heavy (non-hydrogen) atoms. The highest BCUT2D eigenvalue weighted by Crippen LogP contribution is 2.35. The quantitative estimate of drug-likeness (QED) is 0.0465. The van der Waals surface area contributed by atoms with Gasteiger partial charge in [0.15, 0.2) is 0 Å². The van der Waals surface area contributed by atoms with E-state index >= 15 is 0 Å². The van der Waals surface area contributed by atoms with E-state index in [0.29, 0.717) is 32.4 Å². The number of carbonyl (C=O) groups is 4. The smallest absolute Gasteiger partial charge is 0.246 e. The van der Waals surface area contributed by atoms with Gasteiger partial charge in [0.1, 0.15) is 24.4 Å². The molecular formula is C54H65N5O6S. The molecule has 0 saturated carbocycles. The Hall–Kier alpha value is -6.11. The van der Waals surface area contributed by atoms with Crippen LogP contribution in [0.1, 0.15) is 100 Å². The van der Waals surface area contributed by atoms with E-state index in [1.165, 1.54) is 21.6 Å². The molecule has 0 aliphatic carbocycles. The summed E-state index contributed by atoms with van der Waals surface area (Å²) in [5.74, 6) is -0.391. The van der Waals surface area contributed by atoms with Gasteiger partial charge in [0.05, 0.1) is 28.7 Å². The molecule has 0 unspecified atom stereocenters. The third-order valence-corrected chi connectivity index (χ3v) is 13.2. The average Bonchev–Trinajstić information content (AvgIpc) is 3.95. The van der Waals surface area contributed by atoms with Crippen LogP contribution in [0.15, 0.2) is 115 Å². The Morgan fingerprint density at radius 2 is 1.48 bits per heavy atom. The first kappa shape index (κ1) is 49.3. The number of ether oxygens (including phenoxy) is 1. The number of aryl methyl sites for hydroxylation is 1. The zero-order valence-corrected chi connectivity index (χ0v) is 39.8. The summed E-state index contributed by atoms with van der Waals surface area (Å²) in [7, 11) is 1.79. The van der Waals surface area contributed by atoms with E-state index < -0.39 is 18.2 Å². The lowest BCUT2D eigenvalue weighted by molar-refractivity contribution is -0.142. The molecule has 3 N–H and O–H groups in total. The van der Waals surface area contributed by atoms with Gasteiger partial charge in [-0.1, -0.05) is 131 Å². The fraction of sp³-hybridized carbons (Fsp3) is 0.389. The van der Waals surface area contributed by atoms with E-state index in [0.717, 1.165) is 57.8 Å². The topological polar surface area (TPSA) is 141 Å². The SMILES string of the molecule is CC/C(=C(\c1ccccc1)c1ccc(OCCN(C)C(=O)CCCCCCC(=O)N[C@H](C(=O)N2C[C@H](O)C[C@H]2C(=O)NCc2ccc(-c3scnc3C)cc2)C(C)C)cc1)c1ccccc1. The number of likely N-dealkylation sites (tertiary alicyclic amines) is 1.